The SMILES string of the molecule is O=C(c1cc2n(n1)CCCO2)N1CCC(N2CCN(c3ccc(C(F)(F)F)cn3)CC2)CC1. The number of hydrogen-bond donors (Lipinski definition) is 0. The number of rotatable bonds is 3. The molecule has 0 aliphatic carbocycles. The van der Waals surface area contributed by atoms with Crippen molar-refractivity contribution in [2.24, 2.45) is 0 Å². The first-order valence-corrected chi connectivity index (χ1v) is 11.4. The molecule has 0 saturated carbocycles. The average Bonchev–Trinajstić information content (AvgIpc) is 3.28. The number of nitrogens with zero attached hydrogens (tertiary/aromatic N) is 6. The minimum atomic E-state index is -4.37. The Kier molecular flexibility index (Phi) is 5.90. The van der Waals surface area contributed by atoms with Gasteiger partial charge in [-0.1, -0.05) is 0 Å². The quantitative estimate of drug-likeness (QED) is 0.696. The molecule has 0 radical (unpaired) electrons. The number of carbonyl (C=O) groups excluding carboxylic acids is 1. The minimum absolute atomic E-state index is 0.0443. The number of aromatic nitrogens is 3. The van der Waals surface area contributed by atoms with Gasteiger partial charge in [-0.25, -0.2) is 9.67 Å². The zero-order valence-corrected chi connectivity index (χ0v) is 18.3. The van der Waals surface area contributed by atoms with E-state index in [1.807, 2.05) is 9.80 Å². The van der Waals surface area contributed by atoms with Crippen LogP contribution in [0.4, 0.5) is 19.0 Å². The van der Waals surface area contributed by atoms with Crippen LogP contribution < -0.4 is 9.64 Å². The van der Waals surface area contributed by atoms with E-state index >= 15 is 0 Å². The number of likely N-dealkylation sites (tertiary alicyclic amines) is 1. The zero-order chi connectivity index (χ0) is 23.0. The normalized spacial score (nSPS) is 20.5. The van der Waals surface area contributed by atoms with Gasteiger partial charge in [-0.05, 0) is 25.0 Å². The summed E-state index contributed by atoms with van der Waals surface area (Å²) >= 11 is 0. The Morgan fingerprint density at radius 2 is 1.79 bits per heavy atom. The lowest BCUT2D eigenvalue weighted by molar-refractivity contribution is -0.137. The van der Waals surface area contributed by atoms with Gasteiger partial charge in [0.25, 0.3) is 5.91 Å². The maximum Gasteiger partial charge on any atom is 0.417 e. The van der Waals surface area contributed by atoms with E-state index in [1.165, 1.54) is 6.07 Å². The minimum Gasteiger partial charge on any atom is -0.478 e. The van der Waals surface area contributed by atoms with Crippen LogP contribution >= 0.6 is 0 Å². The number of anilines is 1. The Morgan fingerprint density at radius 3 is 2.42 bits per heavy atom. The Hall–Kier alpha value is -2.82. The monoisotopic (exact) mass is 464 g/mol. The third-order valence-corrected chi connectivity index (χ3v) is 6.71. The summed E-state index contributed by atoms with van der Waals surface area (Å²) in [6.45, 7) is 5.90. The number of piperazine rings is 1. The first kappa shape index (κ1) is 22.0. The van der Waals surface area contributed by atoms with E-state index < -0.39 is 11.7 Å². The number of ether oxygens (including phenoxy) is 1. The number of pyridine rings is 1. The van der Waals surface area contributed by atoms with E-state index in [1.54, 1.807) is 10.7 Å². The van der Waals surface area contributed by atoms with E-state index in [0.717, 1.165) is 64.2 Å². The van der Waals surface area contributed by atoms with Gasteiger partial charge in [0.2, 0.25) is 5.88 Å². The van der Waals surface area contributed by atoms with Crippen LogP contribution in [0.3, 0.4) is 0 Å². The lowest BCUT2D eigenvalue weighted by atomic mass is 10.0. The van der Waals surface area contributed by atoms with Gasteiger partial charge in [0.05, 0.1) is 12.2 Å². The van der Waals surface area contributed by atoms with Gasteiger partial charge < -0.3 is 14.5 Å². The summed E-state index contributed by atoms with van der Waals surface area (Å²) < 4.78 is 45.6. The summed E-state index contributed by atoms with van der Waals surface area (Å²) in [5.41, 5.74) is -0.280. The summed E-state index contributed by atoms with van der Waals surface area (Å²) in [5, 5.41) is 4.41. The standard InChI is InChI=1S/C22H27F3N6O2/c23-22(24,25)16-2-3-19(26-15-16)29-11-9-28(10-12-29)17-4-7-30(8-5-17)21(32)18-14-20-31(27-18)6-1-13-33-20/h2-3,14-15,17H,1,4-13H2. The number of amides is 1. The Balaban J connectivity index is 1.11. The summed E-state index contributed by atoms with van der Waals surface area (Å²) in [4.78, 5) is 23.2. The van der Waals surface area contributed by atoms with Crippen molar-refractivity contribution >= 4 is 11.7 Å². The molecule has 0 N–H and O–H groups in total. The van der Waals surface area contributed by atoms with Gasteiger partial charge in [0, 0.05) is 70.5 Å². The first-order valence-electron chi connectivity index (χ1n) is 11.4. The highest BCUT2D eigenvalue weighted by Crippen LogP contribution is 2.30. The predicted molar refractivity (Wildman–Crippen MR) is 114 cm³/mol. The van der Waals surface area contributed by atoms with Crippen LogP contribution in [-0.4, -0.2) is 82.4 Å². The number of aryl methyl sites for hydroxylation is 1. The van der Waals surface area contributed by atoms with Crippen molar-refractivity contribution in [1.82, 2.24) is 24.6 Å². The molecule has 33 heavy (non-hydrogen) atoms. The molecule has 1 amide bonds. The molecule has 0 aromatic carbocycles. The van der Waals surface area contributed by atoms with E-state index in [9.17, 15) is 18.0 Å². The molecule has 11 heteroatoms. The summed E-state index contributed by atoms with van der Waals surface area (Å²) in [6.07, 6.45) is -0.777. The van der Waals surface area contributed by atoms with Gasteiger partial charge in [-0.15, -0.1) is 0 Å². The highest BCUT2D eigenvalue weighted by molar-refractivity contribution is 5.92. The molecule has 2 fully saturated rings. The lowest BCUT2D eigenvalue weighted by Crippen LogP contribution is -2.54. The molecular weight excluding hydrogens is 437 g/mol. The van der Waals surface area contributed by atoms with E-state index in [4.69, 9.17) is 4.74 Å². The third kappa shape index (κ3) is 4.64. The van der Waals surface area contributed by atoms with Crippen molar-refractivity contribution in [3.8, 4) is 5.88 Å². The third-order valence-electron chi connectivity index (χ3n) is 6.71. The van der Waals surface area contributed by atoms with Crippen LogP contribution in [0.1, 0.15) is 35.3 Å². The van der Waals surface area contributed by atoms with E-state index in [-0.39, 0.29) is 5.91 Å². The molecule has 2 saturated heterocycles. The fourth-order valence-electron chi connectivity index (χ4n) is 4.82. The van der Waals surface area contributed by atoms with E-state index in [2.05, 4.69) is 15.0 Å². The van der Waals surface area contributed by atoms with Gasteiger partial charge >= 0.3 is 6.18 Å². The van der Waals surface area contributed by atoms with Crippen LogP contribution in [0.25, 0.3) is 0 Å². The molecule has 3 aliphatic rings. The molecule has 0 bridgehead atoms. The van der Waals surface area contributed by atoms with Gasteiger partial charge in [-0.2, -0.15) is 18.3 Å². The van der Waals surface area contributed by atoms with Crippen molar-refractivity contribution in [3.05, 3.63) is 35.7 Å². The molecule has 2 aromatic heterocycles. The van der Waals surface area contributed by atoms with E-state index in [0.29, 0.717) is 43.1 Å². The number of fused-ring (bicyclic) bond motifs is 1. The second kappa shape index (κ2) is 8.85. The Labute approximate surface area is 189 Å². The fraction of sp³-hybridized carbons (Fsp3) is 0.591. The van der Waals surface area contributed by atoms with Crippen molar-refractivity contribution in [2.75, 3.05) is 50.8 Å². The summed E-state index contributed by atoms with van der Waals surface area (Å²) in [7, 11) is 0. The average molecular weight is 464 g/mol. The fourth-order valence-corrected chi connectivity index (χ4v) is 4.82. The van der Waals surface area contributed by atoms with Crippen LogP contribution in [-0.2, 0) is 12.7 Å². The molecule has 0 spiro atoms. The predicted octanol–water partition coefficient (Wildman–Crippen LogP) is 2.51. The molecule has 5 rings (SSSR count). The molecule has 5 heterocycles. The number of alkyl halides is 3. The maximum absolute atomic E-state index is 12.9. The van der Waals surface area contributed by atoms with Crippen molar-refractivity contribution in [3.63, 3.8) is 0 Å². The Bertz CT molecular complexity index is 954. The van der Waals surface area contributed by atoms with Crippen LogP contribution in [0.15, 0.2) is 24.4 Å². The van der Waals surface area contributed by atoms with Gasteiger partial charge in [-0.3, -0.25) is 9.69 Å². The highest BCUT2D eigenvalue weighted by Gasteiger charge is 2.33. The highest BCUT2D eigenvalue weighted by atomic mass is 19.4. The smallest absolute Gasteiger partial charge is 0.417 e. The van der Waals surface area contributed by atoms with Crippen LogP contribution in [0.5, 0.6) is 5.88 Å². The first-order chi connectivity index (χ1) is 15.9. The number of carbonyl (C=O) groups is 1. The topological polar surface area (TPSA) is 66.7 Å². The second-order valence-electron chi connectivity index (χ2n) is 8.74. The molecule has 2 aromatic rings. The van der Waals surface area contributed by atoms with Crippen LogP contribution in [0, 0.1) is 0 Å². The van der Waals surface area contributed by atoms with Crippen molar-refractivity contribution in [2.45, 2.75) is 38.0 Å². The molecule has 178 valence electrons. The summed E-state index contributed by atoms with van der Waals surface area (Å²) in [5.74, 6) is 1.20. The lowest BCUT2D eigenvalue weighted by Gasteiger charge is -2.43. The van der Waals surface area contributed by atoms with Crippen molar-refractivity contribution < 1.29 is 22.7 Å². The maximum atomic E-state index is 12.9. The Morgan fingerprint density at radius 1 is 1.03 bits per heavy atom. The molecule has 0 atom stereocenters. The van der Waals surface area contributed by atoms with Crippen molar-refractivity contribution in [1.29, 1.82) is 0 Å². The number of hydrogen-bond acceptors (Lipinski definition) is 6. The second-order valence-corrected chi connectivity index (χ2v) is 8.74. The molecule has 8 nitrogen and oxygen atoms in total. The zero-order valence-electron chi connectivity index (χ0n) is 18.3. The number of piperidine rings is 1. The molecular formula is C22H27F3N6O2. The van der Waals surface area contributed by atoms with Gasteiger partial charge in [0.1, 0.15) is 5.82 Å². The molecule has 0 unspecified atom stereocenters. The van der Waals surface area contributed by atoms with Crippen LogP contribution in [0.2, 0.25) is 0 Å². The molecule has 3 aliphatic heterocycles. The summed E-state index contributed by atoms with van der Waals surface area (Å²) in [6, 6.07) is 4.67. The number of halogens is 3. The van der Waals surface area contributed by atoms with Gasteiger partial charge in [0.15, 0.2) is 5.69 Å². The largest absolute Gasteiger partial charge is 0.478 e.